The molecule has 0 aromatic heterocycles. The number of carbonyl (C=O) groups is 1. The first-order valence-electron chi connectivity index (χ1n) is 6.39. The Labute approximate surface area is 106 Å². The smallest absolute Gasteiger partial charge is 0.311 e. The van der Waals surface area contributed by atoms with Crippen LogP contribution in [0, 0.1) is 11.7 Å². The minimum Gasteiger partial charge on any atom is -0.466 e. The number of ether oxygens (including phenoxy) is 1. The zero-order chi connectivity index (χ0) is 13.0. The summed E-state index contributed by atoms with van der Waals surface area (Å²) >= 11 is 0. The summed E-state index contributed by atoms with van der Waals surface area (Å²) in [7, 11) is 0. The van der Waals surface area contributed by atoms with E-state index in [1.165, 1.54) is 12.1 Å². The first-order valence-corrected chi connectivity index (χ1v) is 6.39. The van der Waals surface area contributed by atoms with E-state index in [1.807, 2.05) is 13.0 Å². The summed E-state index contributed by atoms with van der Waals surface area (Å²) in [4.78, 5) is 11.8. The van der Waals surface area contributed by atoms with Gasteiger partial charge >= 0.3 is 5.97 Å². The average Bonchev–Trinajstić information content (AvgIpc) is 2.77. The van der Waals surface area contributed by atoms with Gasteiger partial charge in [0.2, 0.25) is 0 Å². The van der Waals surface area contributed by atoms with Crippen molar-refractivity contribution in [2.24, 2.45) is 5.92 Å². The third-order valence-corrected chi connectivity index (χ3v) is 3.28. The van der Waals surface area contributed by atoms with Crippen molar-refractivity contribution < 1.29 is 13.9 Å². The molecule has 2 rings (SSSR count). The second kappa shape index (κ2) is 5.85. The number of hydrogen-bond acceptors (Lipinski definition) is 3. The average molecular weight is 251 g/mol. The molecule has 0 amide bonds. The fraction of sp³-hybridized carbons (Fsp3) is 0.500. The number of hydrogen-bond donors (Lipinski definition) is 1. The monoisotopic (exact) mass is 251 g/mol. The molecule has 1 N–H and O–H groups in total. The van der Waals surface area contributed by atoms with Gasteiger partial charge in [-0.1, -0.05) is 12.5 Å². The van der Waals surface area contributed by atoms with Crippen LogP contribution in [-0.2, 0) is 9.53 Å². The lowest BCUT2D eigenvalue weighted by Crippen LogP contribution is -2.31. The van der Waals surface area contributed by atoms with Crippen LogP contribution in [0.1, 0.15) is 26.2 Å². The second-order valence-electron chi connectivity index (χ2n) is 4.55. The van der Waals surface area contributed by atoms with Crippen molar-refractivity contribution in [3.05, 3.63) is 30.1 Å². The lowest BCUT2D eigenvalue weighted by molar-refractivity contribution is -0.147. The highest BCUT2D eigenvalue weighted by molar-refractivity contribution is 5.74. The summed E-state index contributed by atoms with van der Waals surface area (Å²) in [6.45, 7) is 2.21. The van der Waals surface area contributed by atoms with Crippen LogP contribution in [-0.4, -0.2) is 18.6 Å². The van der Waals surface area contributed by atoms with Crippen molar-refractivity contribution in [3.8, 4) is 0 Å². The number of benzene rings is 1. The predicted molar refractivity (Wildman–Crippen MR) is 67.8 cm³/mol. The van der Waals surface area contributed by atoms with Crippen LogP contribution in [0.25, 0.3) is 0 Å². The highest BCUT2D eigenvalue weighted by atomic mass is 19.1. The van der Waals surface area contributed by atoms with Crippen molar-refractivity contribution in [2.75, 3.05) is 11.9 Å². The van der Waals surface area contributed by atoms with E-state index in [-0.39, 0.29) is 23.7 Å². The van der Waals surface area contributed by atoms with E-state index >= 15 is 0 Å². The summed E-state index contributed by atoms with van der Waals surface area (Å²) in [5, 5.41) is 3.23. The maximum absolute atomic E-state index is 13.1. The Kier molecular flexibility index (Phi) is 4.18. The summed E-state index contributed by atoms with van der Waals surface area (Å²) in [5.41, 5.74) is 0.719. The second-order valence-corrected chi connectivity index (χ2v) is 4.55. The Morgan fingerprint density at radius 3 is 3.06 bits per heavy atom. The Bertz CT molecular complexity index is 422. The molecule has 4 heteroatoms. The summed E-state index contributed by atoms with van der Waals surface area (Å²) in [6, 6.07) is 6.37. The maximum Gasteiger partial charge on any atom is 0.311 e. The third kappa shape index (κ3) is 3.00. The minimum atomic E-state index is -0.273. The van der Waals surface area contributed by atoms with Gasteiger partial charge < -0.3 is 10.1 Å². The van der Waals surface area contributed by atoms with Gasteiger partial charge in [0.05, 0.1) is 12.5 Å². The molecular formula is C14H18FNO2. The third-order valence-electron chi connectivity index (χ3n) is 3.28. The van der Waals surface area contributed by atoms with Crippen molar-refractivity contribution in [3.63, 3.8) is 0 Å². The van der Waals surface area contributed by atoms with Crippen LogP contribution in [0.15, 0.2) is 24.3 Å². The first-order chi connectivity index (χ1) is 8.70. The van der Waals surface area contributed by atoms with Crippen LogP contribution in [0.5, 0.6) is 0 Å². The molecule has 1 saturated carbocycles. The van der Waals surface area contributed by atoms with Gasteiger partial charge in [0, 0.05) is 11.7 Å². The fourth-order valence-corrected chi connectivity index (χ4v) is 2.46. The Hall–Kier alpha value is -1.58. The summed E-state index contributed by atoms with van der Waals surface area (Å²) < 4.78 is 18.2. The van der Waals surface area contributed by atoms with Gasteiger partial charge in [-0.3, -0.25) is 4.79 Å². The lowest BCUT2D eigenvalue weighted by Gasteiger charge is -2.20. The van der Waals surface area contributed by atoms with Crippen LogP contribution < -0.4 is 5.32 Å². The van der Waals surface area contributed by atoms with Crippen molar-refractivity contribution in [1.29, 1.82) is 0 Å². The fourth-order valence-electron chi connectivity index (χ4n) is 2.46. The molecule has 0 aliphatic heterocycles. The summed E-state index contributed by atoms with van der Waals surface area (Å²) in [5.74, 6) is -0.539. The van der Waals surface area contributed by atoms with E-state index in [9.17, 15) is 9.18 Å². The number of rotatable bonds is 4. The van der Waals surface area contributed by atoms with E-state index in [4.69, 9.17) is 4.74 Å². The van der Waals surface area contributed by atoms with E-state index < -0.39 is 0 Å². The molecule has 98 valence electrons. The number of anilines is 1. The molecule has 1 aromatic rings. The van der Waals surface area contributed by atoms with Crippen molar-refractivity contribution in [2.45, 2.75) is 32.2 Å². The molecule has 0 radical (unpaired) electrons. The van der Waals surface area contributed by atoms with Gasteiger partial charge in [-0.25, -0.2) is 4.39 Å². The van der Waals surface area contributed by atoms with Gasteiger partial charge in [-0.2, -0.15) is 0 Å². The van der Waals surface area contributed by atoms with Crippen molar-refractivity contribution in [1.82, 2.24) is 0 Å². The van der Waals surface area contributed by atoms with Gasteiger partial charge in [0.25, 0.3) is 0 Å². The SMILES string of the molecule is CCOC(=O)[C@@H]1CCC[C@@H]1Nc1cccc(F)c1. The highest BCUT2D eigenvalue weighted by Gasteiger charge is 2.33. The molecule has 3 nitrogen and oxygen atoms in total. The van der Waals surface area contributed by atoms with E-state index in [0.717, 1.165) is 24.9 Å². The largest absolute Gasteiger partial charge is 0.466 e. The molecule has 0 unspecified atom stereocenters. The molecule has 1 fully saturated rings. The molecule has 0 heterocycles. The molecule has 18 heavy (non-hydrogen) atoms. The van der Waals surface area contributed by atoms with Gasteiger partial charge in [-0.05, 0) is 38.0 Å². The number of esters is 1. The predicted octanol–water partition coefficient (Wildman–Crippen LogP) is 2.97. The first kappa shape index (κ1) is 12.9. The van der Waals surface area contributed by atoms with Gasteiger partial charge in [0.15, 0.2) is 0 Å². The lowest BCUT2D eigenvalue weighted by atomic mass is 10.0. The topological polar surface area (TPSA) is 38.3 Å². The van der Waals surface area contributed by atoms with Crippen LogP contribution in [0.2, 0.25) is 0 Å². The zero-order valence-corrected chi connectivity index (χ0v) is 10.5. The van der Waals surface area contributed by atoms with Gasteiger partial charge in [0.1, 0.15) is 5.82 Å². The molecule has 1 aliphatic rings. The van der Waals surface area contributed by atoms with Crippen LogP contribution >= 0.6 is 0 Å². The van der Waals surface area contributed by atoms with Gasteiger partial charge in [-0.15, -0.1) is 0 Å². The molecule has 2 atom stereocenters. The van der Waals surface area contributed by atoms with E-state index in [2.05, 4.69) is 5.32 Å². The Morgan fingerprint density at radius 2 is 2.33 bits per heavy atom. The molecule has 0 spiro atoms. The van der Waals surface area contributed by atoms with Crippen LogP contribution in [0.3, 0.4) is 0 Å². The maximum atomic E-state index is 13.1. The number of carbonyl (C=O) groups excluding carboxylic acids is 1. The standard InChI is InChI=1S/C14H18FNO2/c1-2-18-14(17)12-7-4-8-13(12)16-11-6-3-5-10(15)9-11/h3,5-6,9,12-13,16H,2,4,7-8H2,1H3/t12-,13+/m1/s1. The van der Waals surface area contributed by atoms with E-state index in [0.29, 0.717) is 6.61 Å². The molecule has 0 saturated heterocycles. The molecule has 1 aliphatic carbocycles. The van der Waals surface area contributed by atoms with E-state index in [1.54, 1.807) is 6.07 Å². The Balaban J connectivity index is 2.01. The Morgan fingerprint density at radius 1 is 1.50 bits per heavy atom. The van der Waals surface area contributed by atoms with Crippen molar-refractivity contribution >= 4 is 11.7 Å². The molecule has 1 aromatic carbocycles. The normalized spacial score (nSPS) is 22.8. The van der Waals surface area contributed by atoms with Crippen LogP contribution in [0.4, 0.5) is 10.1 Å². The zero-order valence-electron chi connectivity index (χ0n) is 10.5. The summed E-state index contributed by atoms with van der Waals surface area (Å²) in [6.07, 6.45) is 2.75. The molecular weight excluding hydrogens is 233 g/mol. The minimum absolute atomic E-state index is 0.0471. The highest BCUT2D eigenvalue weighted by Crippen LogP contribution is 2.29. The molecule has 0 bridgehead atoms. The quantitative estimate of drug-likeness (QED) is 0.836. The number of nitrogens with one attached hydrogen (secondary N) is 1. The number of halogens is 1.